The average Bonchev–Trinajstić information content (AvgIpc) is 3.47. The van der Waals surface area contributed by atoms with Crippen molar-refractivity contribution in [1.82, 2.24) is 0 Å². The molecule has 0 aliphatic heterocycles. The maximum Gasteiger partial charge on any atom is 0.306 e. The summed E-state index contributed by atoms with van der Waals surface area (Å²) in [5, 5.41) is 0. The Labute approximate surface area is 506 Å². The van der Waals surface area contributed by atoms with Crippen LogP contribution in [0.5, 0.6) is 0 Å². The van der Waals surface area contributed by atoms with Crippen molar-refractivity contribution in [2.45, 2.75) is 316 Å². The summed E-state index contributed by atoms with van der Waals surface area (Å²) in [4.78, 5) is 38.3. The second-order valence-electron chi connectivity index (χ2n) is 22.3. The Morgan fingerprint density at radius 1 is 0.256 bits per heavy atom. The van der Waals surface area contributed by atoms with Gasteiger partial charge in [-0.15, -0.1) is 0 Å². The van der Waals surface area contributed by atoms with E-state index in [1.54, 1.807) is 0 Å². The molecular weight excluding hydrogens is 1010 g/mol. The zero-order valence-electron chi connectivity index (χ0n) is 53.5. The lowest BCUT2D eigenvalue weighted by Gasteiger charge is -2.18. The van der Waals surface area contributed by atoms with E-state index in [4.69, 9.17) is 14.2 Å². The van der Waals surface area contributed by atoms with Gasteiger partial charge in [-0.05, 0) is 135 Å². The number of hydrogen-bond acceptors (Lipinski definition) is 6. The van der Waals surface area contributed by atoms with Crippen LogP contribution >= 0.6 is 0 Å². The Bertz CT molecular complexity index is 1730. The summed E-state index contributed by atoms with van der Waals surface area (Å²) in [5.41, 5.74) is 0. The fourth-order valence-corrected chi connectivity index (χ4v) is 9.26. The van der Waals surface area contributed by atoms with Gasteiger partial charge in [-0.25, -0.2) is 0 Å². The Hall–Kier alpha value is -4.45. The van der Waals surface area contributed by atoms with Crippen molar-refractivity contribution in [3.63, 3.8) is 0 Å². The molecule has 0 bridgehead atoms. The van der Waals surface area contributed by atoms with E-state index in [1.165, 1.54) is 128 Å². The molecule has 466 valence electrons. The highest BCUT2D eigenvalue weighted by molar-refractivity contribution is 5.71. The van der Waals surface area contributed by atoms with E-state index in [2.05, 4.69) is 154 Å². The largest absolute Gasteiger partial charge is 0.462 e. The number of unbranched alkanes of at least 4 members (excludes halogenated alkanes) is 28. The van der Waals surface area contributed by atoms with Crippen LogP contribution in [0.2, 0.25) is 0 Å². The molecule has 82 heavy (non-hydrogen) atoms. The summed E-state index contributed by atoms with van der Waals surface area (Å²) in [6, 6.07) is 0. The Balaban J connectivity index is 4.31. The normalized spacial score (nSPS) is 13.0. The van der Waals surface area contributed by atoms with Crippen molar-refractivity contribution in [3.8, 4) is 0 Å². The van der Waals surface area contributed by atoms with Crippen molar-refractivity contribution in [2.24, 2.45) is 0 Å². The predicted molar refractivity (Wildman–Crippen MR) is 357 cm³/mol. The number of esters is 3. The van der Waals surface area contributed by atoms with Gasteiger partial charge in [0.2, 0.25) is 0 Å². The minimum atomic E-state index is -0.800. The van der Waals surface area contributed by atoms with Crippen molar-refractivity contribution < 1.29 is 28.6 Å². The molecule has 0 rings (SSSR count). The fraction of sp³-hybridized carbons (Fsp3) is 0.671. The molecule has 0 saturated heterocycles. The van der Waals surface area contributed by atoms with Crippen LogP contribution in [0.25, 0.3) is 0 Å². The van der Waals surface area contributed by atoms with Crippen molar-refractivity contribution in [3.05, 3.63) is 134 Å². The molecule has 0 spiro atoms. The number of rotatable bonds is 61. The molecule has 0 aromatic carbocycles. The van der Waals surface area contributed by atoms with Gasteiger partial charge in [0.25, 0.3) is 0 Å². The number of allylic oxidation sites excluding steroid dienone is 22. The predicted octanol–water partition coefficient (Wildman–Crippen LogP) is 23.7. The van der Waals surface area contributed by atoms with Gasteiger partial charge in [-0.1, -0.05) is 289 Å². The van der Waals surface area contributed by atoms with Crippen LogP contribution in [0, 0.1) is 0 Å². The Kier molecular flexibility index (Phi) is 65.3. The van der Waals surface area contributed by atoms with E-state index in [9.17, 15) is 14.4 Å². The molecule has 0 radical (unpaired) electrons. The summed E-state index contributed by atoms with van der Waals surface area (Å²) in [6.07, 6.45) is 97.7. The van der Waals surface area contributed by atoms with Gasteiger partial charge >= 0.3 is 17.9 Å². The summed E-state index contributed by atoms with van der Waals surface area (Å²) >= 11 is 0. The molecule has 0 aromatic heterocycles. The molecule has 0 heterocycles. The van der Waals surface area contributed by atoms with E-state index in [-0.39, 0.29) is 31.1 Å². The van der Waals surface area contributed by atoms with E-state index in [1.807, 2.05) is 0 Å². The number of hydrogen-bond donors (Lipinski definition) is 0. The lowest BCUT2D eigenvalue weighted by atomic mass is 10.0. The standard InChI is InChI=1S/C76H126O6/c1-4-7-10-13-16-19-22-24-26-28-30-32-34-35-36-37-38-39-40-41-43-44-46-48-50-52-54-57-60-63-66-69-75(78)81-72-73(71-80-74(77)68-65-62-59-56-21-18-15-12-9-6-3)82-76(79)70-67-64-61-58-55-53-51-49-47-45-42-33-31-29-27-25-23-20-17-14-11-8-5-2/h7,10,12,15-16,19,24,26,29-32,35-36,38-39,41,43,46,48,52,54,73H,4-6,8-9,11,13-14,17-18,20-23,25,27-28,33-34,37,40,42,44-45,47,49-51,53,55-72H2,1-3H3/b10-7-,15-12-,19-16-,26-24-,31-29-,32-30-,36-35-,39-38-,43-41-,48-46-,54-52-. The minimum Gasteiger partial charge on any atom is -0.462 e. The smallest absolute Gasteiger partial charge is 0.306 e. The molecule has 0 N–H and O–H groups in total. The zero-order chi connectivity index (χ0) is 59.2. The van der Waals surface area contributed by atoms with E-state index in [0.717, 1.165) is 141 Å². The van der Waals surface area contributed by atoms with Crippen LogP contribution in [0.3, 0.4) is 0 Å². The van der Waals surface area contributed by atoms with Crippen molar-refractivity contribution in [2.75, 3.05) is 13.2 Å². The van der Waals surface area contributed by atoms with E-state index < -0.39 is 6.10 Å². The molecular formula is C76H126O6. The fourth-order valence-electron chi connectivity index (χ4n) is 9.26. The number of ether oxygens (including phenoxy) is 3. The van der Waals surface area contributed by atoms with Gasteiger partial charge in [-0.2, -0.15) is 0 Å². The molecule has 0 amide bonds. The quantitative estimate of drug-likeness (QED) is 0.0261. The SMILES string of the molecule is CC/C=C\C/C=C\C/C=C\C/C=C\C/C=C\C/C=C\C/C=C\C/C=C\C/C=C\CCCCCC(=O)OCC(COC(=O)CCCCCCC/C=C\CCC)OC(=O)CCCCCCCCCCCCC/C=C\CCCCCCCCCC. The lowest BCUT2D eigenvalue weighted by Crippen LogP contribution is -2.30. The third-order valence-corrected chi connectivity index (χ3v) is 14.3. The molecule has 0 saturated carbocycles. The van der Waals surface area contributed by atoms with E-state index >= 15 is 0 Å². The molecule has 0 aliphatic rings. The molecule has 6 heteroatoms. The van der Waals surface area contributed by atoms with Crippen molar-refractivity contribution in [1.29, 1.82) is 0 Å². The van der Waals surface area contributed by atoms with Crippen LogP contribution < -0.4 is 0 Å². The van der Waals surface area contributed by atoms with Gasteiger partial charge in [0.15, 0.2) is 6.10 Å². The summed E-state index contributed by atoms with van der Waals surface area (Å²) in [6.45, 7) is 6.44. The molecule has 0 fully saturated rings. The van der Waals surface area contributed by atoms with Crippen LogP contribution in [0.15, 0.2) is 134 Å². The maximum atomic E-state index is 12.9. The number of carbonyl (C=O) groups is 3. The average molecular weight is 1140 g/mol. The van der Waals surface area contributed by atoms with E-state index in [0.29, 0.717) is 19.3 Å². The van der Waals surface area contributed by atoms with Gasteiger partial charge in [0.1, 0.15) is 13.2 Å². The minimum absolute atomic E-state index is 0.0955. The summed E-state index contributed by atoms with van der Waals surface area (Å²) < 4.78 is 16.9. The first-order chi connectivity index (χ1) is 40.5. The highest BCUT2D eigenvalue weighted by Crippen LogP contribution is 2.16. The maximum absolute atomic E-state index is 12.9. The van der Waals surface area contributed by atoms with Crippen LogP contribution in [0.1, 0.15) is 310 Å². The first-order valence-electron chi connectivity index (χ1n) is 34.2. The third-order valence-electron chi connectivity index (χ3n) is 14.3. The molecule has 1 atom stereocenters. The second kappa shape index (κ2) is 69.0. The third kappa shape index (κ3) is 66.4. The second-order valence-corrected chi connectivity index (χ2v) is 22.3. The Morgan fingerprint density at radius 2 is 0.500 bits per heavy atom. The van der Waals surface area contributed by atoms with Gasteiger partial charge in [-0.3, -0.25) is 14.4 Å². The highest BCUT2D eigenvalue weighted by Gasteiger charge is 2.19. The first-order valence-corrected chi connectivity index (χ1v) is 34.2. The highest BCUT2D eigenvalue weighted by atomic mass is 16.6. The van der Waals surface area contributed by atoms with Crippen LogP contribution in [-0.2, 0) is 28.6 Å². The molecule has 0 aliphatic carbocycles. The Morgan fingerprint density at radius 3 is 0.817 bits per heavy atom. The molecule has 6 nitrogen and oxygen atoms in total. The molecule has 1 unspecified atom stereocenters. The zero-order valence-corrected chi connectivity index (χ0v) is 53.5. The topological polar surface area (TPSA) is 78.9 Å². The molecule has 0 aromatic rings. The number of carbonyl (C=O) groups excluding carboxylic acids is 3. The van der Waals surface area contributed by atoms with Gasteiger partial charge in [0.05, 0.1) is 0 Å². The lowest BCUT2D eigenvalue weighted by molar-refractivity contribution is -0.167. The van der Waals surface area contributed by atoms with Gasteiger partial charge in [0, 0.05) is 19.3 Å². The van der Waals surface area contributed by atoms with Gasteiger partial charge < -0.3 is 14.2 Å². The summed E-state index contributed by atoms with van der Waals surface area (Å²) in [7, 11) is 0. The monoisotopic (exact) mass is 1130 g/mol. The summed E-state index contributed by atoms with van der Waals surface area (Å²) in [5.74, 6) is -0.936. The first kappa shape index (κ1) is 77.5. The van der Waals surface area contributed by atoms with Crippen LogP contribution in [0.4, 0.5) is 0 Å². The van der Waals surface area contributed by atoms with Crippen molar-refractivity contribution >= 4 is 17.9 Å². The van der Waals surface area contributed by atoms with Crippen LogP contribution in [-0.4, -0.2) is 37.2 Å².